The molecule has 0 N–H and O–H groups in total. The largest absolute Gasteiger partial charge is 0.456 e. The lowest BCUT2D eigenvalue weighted by Crippen LogP contribution is -2.09. The Morgan fingerprint density at radius 2 is 0.678 bits per heavy atom. The van der Waals surface area contributed by atoms with E-state index in [9.17, 15) is 0 Å². The molecule has 0 aliphatic heterocycles. The van der Waals surface area contributed by atoms with Gasteiger partial charge in [-0.05, 0) is 105 Å². The molecule has 0 saturated carbocycles. The van der Waals surface area contributed by atoms with Gasteiger partial charge in [-0.15, -0.1) is 0 Å². The van der Waals surface area contributed by atoms with Crippen molar-refractivity contribution in [3.63, 3.8) is 0 Å². The summed E-state index contributed by atoms with van der Waals surface area (Å²) in [5, 5.41) is 2.00. The van der Waals surface area contributed by atoms with Crippen molar-refractivity contribution in [2.45, 2.75) is 0 Å². The van der Waals surface area contributed by atoms with Crippen LogP contribution in [0.2, 0.25) is 0 Å². The van der Waals surface area contributed by atoms with Gasteiger partial charge in [-0.1, -0.05) is 152 Å². The summed E-state index contributed by atoms with van der Waals surface area (Å²) in [6.45, 7) is 0. The molecule has 0 aliphatic rings. The zero-order chi connectivity index (χ0) is 39.1. The molecule has 4 heteroatoms. The van der Waals surface area contributed by atoms with Gasteiger partial charge in [0.2, 0.25) is 5.89 Å². The summed E-state index contributed by atoms with van der Waals surface area (Å²) in [7, 11) is 0. The molecule has 9 aromatic carbocycles. The van der Waals surface area contributed by atoms with Crippen LogP contribution < -0.4 is 4.90 Å². The van der Waals surface area contributed by atoms with Crippen LogP contribution in [-0.4, -0.2) is 4.98 Å². The molecule has 11 rings (SSSR count). The summed E-state index contributed by atoms with van der Waals surface area (Å²) in [5.74, 6) is 0.581. The lowest BCUT2D eigenvalue weighted by Gasteiger charge is -2.26. The molecule has 11 aromatic rings. The Labute approximate surface area is 341 Å². The van der Waals surface area contributed by atoms with E-state index in [0.29, 0.717) is 11.5 Å². The molecule has 0 bridgehead atoms. The SMILES string of the molecule is c1ccc(-c2ccc(-c3ccc(N(c4ccc(-c5ccccc5)cc4)c4ccc5oc6cc7oc(-c8ccc(-c9ccccc9)cc8)nc7cc6c5c4)cc3)cc2)cc1. The molecule has 0 fully saturated rings. The van der Waals surface area contributed by atoms with Crippen LogP contribution in [0.5, 0.6) is 0 Å². The molecule has 2 heterocycles. The predicted octanol–water partition coefficient (Wildman–Crippen LogP) is 15.5. The number of rotatable bonds is 8. The molecule has 4 nitrogen and oxygen atoms in total. The van der Waals surface area contributed by atoms with Crippen molar-refractivity contribution >= 4 is 50.1 Å². The third-order valence-corrected chi connectivity index (χ3v) is 11.1. The molecule has 278 valence electrons. The third kappa shape index (κ3) is 6.53. The Bertz CT molecular complexity index is 3210. The highest BCUT2D eigenvalue weighted by Gasteiger charge is 2.18. The Morgan fingerprint density at radius 1 is 0.288 bits per heavy atom. The lowest BCUT2D eigenvalue weighted by atomic mass is 10.00. The number of benzene rings is 9. The van der Waals surface area contributed by atoms with Gasteiger partial charge in [-0.3, -0.25) is 0 Å². The van der Waals surface area contributed by atoms with Crippen LogP contribution in [0.1, 0.15) is 0 Å². The minimum Gasteiger partial charge on any atom is -0.456 e. The van der Waals surface area contributed by atoms with Gasteiger partial charge in [-0.25, -0.2) is 4.98 Å². The predicted molar refractivity (Wildman–Crippen MR) is 243 cm³/mol. The Morgan fingerprint density at radius 3 is 1.15 bits per heavy atom. The normalized spacial score (nSPS) is 11.4. The second-order valence-corrected chi connectivity index (χ2v) is 14.8. The van der Waals surface area contributed by atoms with Crippen LogP contribution in [0.15, 0.2) is 227 Å². The monoisotopic (exact) mass is 756 g/mol. The summed E-state index contributed by atoms with van der Waals surface area (Å²) in [5.41, 5.74) is 16.5. The number of nitrogens with zero attached hydrogens (tertiary/aromatic N) is 2. The van der Waals surface area contributed by atoms with Gasteiger partial charge in [-0.2, -0.15) is 0 Å². The molecular weight excluding hydrogens is 721 g/mol. The zero-order valence-electron chi connectivity index (χ0n) is 32.0. The standard InChI is InChI=1S/C55H36N2O2/c1-4-10-37(11-5-1)40-16-18-42(19-17-40)44-26-30-47(31-27-44)57(46-28-24-43(25-29-46)39-14-8-3-9-15-39)48-32-33-52-49(34-48)50-35-51-54(36-53(50)58-52)59-55(56-51)45-22-20-41(21-23-45)38-12-6-2-7-13-38/h1-36H. The van der Waals surface area contributed by atoms with Gasteiger partial charge < -0.3 is 13.7 Å². The molecule has 2 aromatic heterocycles. The fourth-order valence-corrected chi connectivity index (χ4v) is 8.05. The third-order valence-electron chi connectivity index (χ3n) is 11.1. The van der Waals surface area contributed by atoms with E-state index in [1.54, 1.807) is 0 Å². The number of furan rings is 1. The zero-order valence-corrected chi connectivity index (χ0v) is 32.0. The molecule has 0 spiro atoms. The van der Waals surface area contributed by atoms with Gasteiger partial charge in [0.15, 0.2) is 5.58 Å². The fourth-order valence-electron chi connectivity index (χ4n) is 8.05. The minimum atomic E-state index is 0.581. The quantitative estimate of drug-likeness (QED) is 0.155. The number of anilines is 3. The maximum atomic E-state index is 6.45. The molecule has 0 saturated heterocycles. The van der Waals surface area contributed by atoms with E-state index in [4.69, 9.17) is 13.8 Å². The molecule has 0 unspecified atom stereocenters. The van der Waals surface area contributed by atoms with Crippen molar-refractivity contribution in [1.29, 1.82) is 0 Å². The Balaban J connectivity index is 0.960. The second kappa shape index (κ2) is 14.5. The molecule has 0 aliphatic carbocycles. The van der Waals surface area contributed by atoms with Crippen LogP contribution in [-0.2, 0) is 0 Å². The molecule has 0 atom stereocenters. The van der Waals surface area contributed by atoms with Crippen molar-refractivity contribution in [2.24, 2.45) is 0 Å². The first-order valence-electron chi connectivity index (χ1n) is 19.8. The Kier molecular flexibility index (Phi) is 8.45. The highest BCUT2D eigenvalue weighted by atomic mass is 16.4. The fraction of sp³-hybridized carbons (Fsp3) is 0. The number of hydrogen-bond donors (Lipinski definition) is 0. The van der Waals surface area contributed by atoms with Gasteiger partial charge in [0.05, 0.1) is 0 Å². The smallest absolute Gasteiger partial charge is 0.227 e. The minimum absolute atomic E-state index is 0.581. The summed E-state index contributed by atoms with van der Waals surface area (Å²) in [6, 6.07) is 76.6. The van der Waals surface area contributed by atoms with Gasteiger partial charge in [0, 0.05) is 39.5 Å². The molecule has 59 heavy (non-hydrogen) atoms. The lowest BCUT2D eigenvalue weighted by molar-refractivity contribution is 0.617. The van der Waals surface area contributed by atoms with E-state index in [1.165, 1.54) is 33.4 Å². The van der Waals surface area contributed by atoms with Gasteiger partial charge in [0.25, 0.3) is 0 Å². The van der Waals surface area contributed by atoms with E-state index in [0.717, 1.165) is 61.2 Å². The van der Waals surface area contributed by atoms with Crippen LogP contribution in [0, 0.1) is 0 Å². The average molecular weight is 757 g/mol. The van der Waals surface area contributed by atoms with Crippen LogP contribution in [0.4, 0.5) is 17.1 Å². The first kappa shape index (κ1) is 34.3. The Hall–Kier alpha value is -7.95. The summed E-state index contributed by atoms with van der Waals surface area (Å²) >= 11 is 0. The first-order valence-corrected chi connectivity index (χ1v) is 19.8. The highest BCUT2D eigenvalue weighted by Crippen LogP contribution is 2.41. The van der Waals surface area contributed by atoms with Crippen molar-refractivity contribution in [3.05, 3.63) is 218 Å². The van der Waals surface area contributed by atoms with E-state index < -0.39 is 0 Å². The molecular formula is C55H36N2O2. The summed E-state index contributed by atoms with van der Waals surface area (Å²) in [4.78, 5) is 7.25. The summed E-state index contributed by atoms with van der Waals surface area (Å²) in [6.07, 6.45) is 0. The van der Waals surface area contributed by atoms with E-state index in [2.05, 4.69) is 199 Å². The van der Waals surface area contributed by atoms with Gasteiger partial charge >= 0.3 is 0 Å². The van der Waals surface area contributed by atoms with Crippen molar-refractivity contribution in [2.75, 3.05) is 4.90 Å². The maximum absolute atomic E-state index is 6.45. The maximum Gasteiger partial charge on any atom is 0.227 e. The number of aromatic nitrogens is 1. The van der Waals surface area contributed by atoms with E-state index in [1.807, 2.05) is 24.3 Å². The molecule has 0 amide bonds. The average Bonchev–Trinajstić information content (AvgIpc) is 3.90. The van der Waals surface area contributed by atoms with Crippen molar-refractivity contribution < 1.29 is 8.83 Å². The topological polar surface area (TPSA) is 42.4 Å². The number of oxazole rings is 1. The van der Waals surface area contributed by atoms with Crippen LogP contribution >= 0.6 is 0 Å². The molecule has 0 radical (unpaired) electrons. The highest BCUT2D eigenvalue weighted by molar-refractivity contribution is 6.10. The van der Waals surface area contributed by atoms with Crippen molar-refractivity contribution in [3.8, 4) is 56.0 Å². The summed E-state index contributed by atoms with van der Waals surface area (Å²) < 4.78 is 12.8. The van der Waals surface area contributed by atoms with Gasteiger partial charge in [0.1, 0.15) is 16.7 Å². The van der Waals surface area contributed by atoms with E-state index in [-0.39, 0.29) is 0 Å². The van der Waals surface area contributed by atoms with Crippen molar-refractivity contribution in [1.82, 2.24) is 4.98 Å². The first-order chi connectivity index (χ1) is 29.2. The number of hydrogen-bond acceptors (Lipinski definition) is 4. The number of fused-ring (bicyclic) bond motifs is 4. The van der Waals surface area contributed by atoms with E-state index >= 15 is 0 Å². The van der Waals surface area contributed by atoms with Crippen LogP contribution in [0.3, 0.4) is 0 Å². The second-order valence-electron chi connectivity index (χ2n) is 14.8. The van der Waals surface area contributed by atoms with Crippen LogP contribution in [0.25, 0.3) is 89.0 Å².